The lowest BCUT2D eigenvalue weighted by molar-refractivity contribution is 0.0904. The summed E-state index contributed by atoms with van der Waals surface area (Å²) in [5.74, 6) is 0. The molecule has 1 aromatic carbocycles. The van der Waals surface area contributed by atoms with Crippen LogP contribution in [0.4, 0.5) is 5.69 Å². The summed E-state index contributed by atoms with van der Waals surface area (Å²) in [6.45, 7) is 1.54. The molecule has 1 fully saturated rings. The van der Waals surface area contributed by atoms with Gasteiger partial charge < -0.3 is 10.1 Å². The molecule has 0 amide bonds. The van der Waals surface area contributed by atoms with E-state index >= 15 is 0 Å². The van der Waals surface area contributed by atoms with Gasteiger partial charge in [0.15, 0.2) is 0 Å². The predicted octanol–water partition coefficient (Wildman–Crippen LogP) is 0.925. The molecule has 0 atom stereocenters. The maximum atomic E-state index is 11.1. The summed E-state index contributed by atoms with van der Waals surface area (Å²) in [5.41, 5.74) is 0.907. The van der Waals surface area contributed by atoms with E-state index in [1.54, 1.807) is 12.1 Å². The monoisotopic (exact) mass is 256 g/mol. The third-order valence-electron chi connectivity index (χ3n) is 2.77. The molecule has 0 saturated carbocycles. The van der Waals surface area contributed by atoms with E-state index in [4.69, 9.17) is 9.88 Å². The van der Waals surface area contributed by atoms with Crippen molar-refractivity contribution in [1.29, 1.82) is 0 Å². The van der Waals surface area contributed by atoms with Crippen LogP contribution in [0.25, 0.3) is 0 Å². The number of hydrogen-bond donors (Lipinski definition) is 2. The van der Waals surface area contributed by atoms with E-state index in [1.807, 2.05) is 0 Å². The summed E-state index contributed by atoms with van der Waals surface area (Å²) in [5, 5.41) is 8.37. The molecule has 0 aromatic heterocycles. The molecule has 0 radical (unpaired) electrons. The Morgan fingerprint density at radius 2 is 1.76 bits per heavy atom. The third-order valence-corrected chi connectivity index (χ3v) is 3.70. The average Bonchev–Trinajstić information content (AvgIpc) is 2.30. The third kappa shape index (κ3) is 3.42. The van der Waals surface area contributed by atoms with E-state index in [0.717, 1.165) is 31.7 Å². The highest BCUT2D eigenvalue weighted by Gasteiger charge is 2.13. The van der Waals surface area contributed by atoms with Crippen LogP contribution in [-0.4, -0.2) is 27.7 Å². The van der Waals surface area contributed by atoms with Crippen molar-refractivity contribution in [2.45, 2.75) is 23.8 Å². The average molecular weight is 256 g/mol. The molecule has 5 nitrogen and oxygen atoms in total. The summed E-state index contributed by atoms with van der Waals surface area (Å²) in [6, 6.07) is 6.88. The molecule has 3 N–H and O–H groups in total. The topological polar surface area (TPSA) is 81.4 Å². The zero-order chi connectivity index (χ0) is 12.3. The lowest BCUT2D eigenvalue weighted by Crippen LogP contribution is -2.27. The van der Waals surface area contributed by atoms with E-state index < -0.39 is 10.0 Å². The Bertz CT molecular complexity index is 464. The molecule has 1 heterocycles. The first-order valence-electron chi connectivity index (χ1n) is 5.53. The zero-order valence-corrected chi connectivity index (χ0v) is 10.2. The summed E-state index contributed by atoms with van der Waals surface area (Å²) >= 11 is 0. The first-order chi connectivity index (χ1) is 8.05. The standard InChI is InChI=1S/C11H16N2O3S/c12-17(14,15)11-3-1-9(2-4-11)13-10-5-7-16-8-6-10/h1-4,10,13H,5-8H2,(H2,12,14,15). The molecule has 0 spiro atoms. The number of sulfonamides is 1. The molecule has 0 aliphatic carbocycles. The molecule has 0 unspecified atom stereocenters. The van der Waals surface area contributed by atoms with Crippen LogP contribution in [0.1, 0.15) is 12.8 Å². The summed E-state index contributed by atoms with van der Waals surface area (Å²) in [7, 11) is -3.60. The van der Waals surface area contributed by atoms with Crippen LogP contribution in [0.2, 0.25) is 0 Å². The van der Waals surface area contributed by atoms with E-state index in [2.05, 4.69) is 5.32 Å². The Labute approximate surface area is 101 Å². The van der Waals surface area contributed by atoms with E-state index in [-0.39, 0.29) is 4.90 Å². The molecular formula is C11H16N2O3S. The Balaban J connectivity index is 2.03. The molecular weight excluding hydrogens is 240 g/mol. The molecule has 6 heteroatoms. The summed E-state index contributed by atoms with van der Waals surface area (Å²) in [4.78, 5) is 0.134. The van der Waals surface area contributed by atoms with Gasteiger partial charge in [0.2, 0.25) is 10.0 Å². The minimum atomic E-state index is -3.60. The SMILES string of the molecule is NS(=O)(=O)c1ccc(NC2CCOCC2)cc1. The van der Waals surface area contributed by atoms with Crippen LogP contribution >= 0.6 is 0 Å². The van der Waals surface area contributed by atoms with Crippen molar-refractivity contribution >= 4 is 15.7 Å². The van der Waals surface area contributed by atoms with Gasteiger partial charge in [-0.2, -0.15) is 0 Å². The highest BCUT2D eigenvalue weighted by molar-refractivity contribution is 7.89. The van der Waals surface area contributed by atoms with Gasteiger partial charge in [0.05, 0.1) is 4.90 Å². The second-order valence-electron chi connectivity index (χ2n) is 4.10. The van der Waals surface area contributed by atoms with Gasteiger partial charge in [0.1, 0.15) is 0 Å². The van der Waals surface area contributed by atoms with Crippen molar-refractivity contribution in [3.05, 3.63) is 24.3 Å². The lowest BCUT2D eigenvalue weighted by Gasteiger charge is -2.24. The predicted molar refractivity (Wildman–Crippen MR) is 65.3 cm³/mol. The number of primary sulfonamides is 1. The van der Waals surface area contributed by atoms with Crippen LogP contribution in [-0.2, 0) is 14.8 Å². The van der Waals surface area contributed by atoms with Gasteiger partial charge in [0, 0.05) is 24.9 Å². The van der Waals surface area contributed by atoms with Gasteiger partial charge in [-0.15, -0.1) is 0 Å². The second-order valence-corrected chi connectivity index (χ2v) is 5.66. The Morgan fingerprint density at radius 3 is 2.29 bits per heavy atom. The van der Waals surface area contributed by atoms with Gasteiger partial charge in [-0.1, -0.05) is 0 Å². The molecule has 17 heavy (non-hydrogen) atoms. The number of anilines is 1. The summed E-state index contributed by atoms with van der Waals surface area (Å²) in [6.07, 6.45) is 1.94. The van der Waals surface area contributed by atoms with Gasteiger partial charge >= 0.3 is 0 Å². The maximum Gasteiger partial charge on any atom is 0.238 e. The normalized spacial score (nSPS) is 17.9. The number of nitrogens with one attached hydrogen (secondary N) is 1. The fourth-order valence-electron chi connectivity index (χ4n) is 1.82. The molecule has 2 rings (SSSR count). The van der Waals surface area contributed by atoms with Crippen LogP contribution in [0.3, 0.4) is 0 Å². The number of rotatable bonds is 3. The van der Waals surface area contributed by atoms with Crippen molar-refractivity contribution in [3.63, 3.8) is 0 Å². The van der Waals surface area contributed by atoms with Gasteiger partial charge in [-0.25, -0.2) is 13.6 Å². The van der Waals surface area contributed by atoms with Crippen molar-refractivity contribution in [2.24, 2.45) is 5.14 Å². The first kappa shape index (κ1) is 12.3. The Kier molecular flexibility index (Phi) is 3.66. The fourth-order valence-corrected chi connectivity index (χ4v) is 2.33. The second kappa shape index (κ2) is 5.03. The fraction of sp³-hybridized carbons (Fsp3) is 0.455. The minimum Gasteiger partial charge on any atom is -0.382 e. The quantitative estimate of drug-likeness (QED) is 0.842. The molecule has 1 saturated heterocycles. The number of nitrogens with two attached hydrogens (primary N) is 1. The minimum absolute atomic E-state index is 0.134. The molecule has 0 bridgehead atoms. The lowest BCUT2D eigenvalue weighted by atomic mass is 10.1. The molecule has 1 aliphatic heterocycles. The highest BCUT2D eigenvalue weighted by atomic mass is 32.2. The number of hydrogen-bond acceptors (Lipinski definition) is 4. The van der Waals surface area contributed by atoms with Crippen molar-refractivity contribution in [1.82, 2.24) is 0 Å². The molecule has 1 aromatic rings. The van der Waals surface area contributed by atoms with Crippen LogP contribution in [0.15, 0.2) is 29.2 Å². The van der Waals surface area contributed by atoms with Gasteiger partial charge in [-0.05, 0) is 37.1 Å². The van der Waals surface area contributed by atoms with Crippen LogP contribution in [0.5, 0.6) is 0 Å². The van der Waals surface area contributed by atoms with Crippen LogP contribution < -0.4 is 10.5 Å². The van der Waals surface area contributed by atoms with Gasteiger partial charge in [0.25, 0.3) is 0 Å². The van der Waals surface area contributed by atoms with Crippen molar-refractivity contribution < 1.29 is 13.2 Å². The number of benzene rings is 1. The Hall–Kier alpha value is -1.11. The zero-order valence-electron chi connectivity index (χ0n) is 9.43. The van der Waals surface area contributed by atoms with Crippen LogP contribution in [0, 0.1) is 0 Å². The first-order valence-corrected chi connectivity index (χ1v) is 7.07. The highest BCUT2D eigenvalue weighted by Crippen LogP contribution is 2.17. The van der Waals surface area contributed by atoms with Crippen molar-refractivity contribution in [2.75, 3.05) is 18.5 Å². The maximum absolute atomic E-state index is 11.1. The molecule has 94 valence electrons. The summed E-state index contributed by atoms with van der Waals surface area (Å²) < 4.78 is 27.4. The number of ether oxygens (including phenoxy) is 1. The smallest absolute Gasteiger partial charge is 0.238 e. The molecule has 1 aliphatic rings. The van der Waals surface area contributed by atoms with E-state index in [9.17, 15) is 8.42 Å². The Morgan fingerprint density at radius 1 is 1.18 bits per heavy atom. The van der Waals surface area contributed by atoms with E-state index in [0.29, 0.717) is 6.04 Å². The van der Waals surface area contributed by atoms with Gasteiger partial charge in [-0.3, -0.25) is 0 Å². The van der Waals surface area contributed by atoms with E-state index in [1.165, 1.54) is 12.1 Å². The van der Waals surface area contributed by atoms with Crippen molar-refractivity contribution in [3.8, 4) is 0 Å². The largest absolute Gasteiger partial charge is 0.382 e.